The van der Waals surface area contributed by atoms with Crippen LogP contribution < -0.4 is 10.3 Å². The van der Waals surface area contributed by atoms with E-state index in [1.54, 1.807) is 6.20 Å². The Morgan fingerprint density at radius 3 is 1.44 bits per heavy atom. The average Bonchev–Trinajstić information content (AvgIpc) is 2.98. The molecule has 0 saturated carbocycles. The maximum Gasteiger partial charge on any atom is 0.162 e. The summed E-state index contributed by atoms with van der Waals surface area (Å²) in [5, 5.41) is 0. The first-order chi connectivity index (χ1) is 17.9. The van der Waals surface area contributed by atoms with E-state index < -0.39 is 0 Å². The lowest BCUT2D eigenvalue weighted by atomic mass is 9.66. The maximum absolute atomic E-state index is 5.09. The van der Waals surface area contributed by atoms with Crippen LogP contribution in [0.15, 0.2) is 152 Å². The molecule has 1 aliphatic rings. The third-order valence-electron chi connectivity index (χ3n) is 6.53. The molecule has 5 aromatic carbocycles. The fourth-order valence-corrected chi connectivity index (χ4v) is 4.81. The summed E-state index contributed by atoms with van der Waals surface area (Å²) in [5.41, 5.74) is 8.85. The highest BCUT2D eigenvalue weighted by molar-refractivity contribution is 5.58. The van der Waals surface area contributed by atoms with Crippen LogP contribution in [0.25, 0.3) is 6.08 Å². The second-order valence-corrected chi connectivity index (χ2v) is 8.76. The van der Waals surface area contributed by atoms with Crippen LogP contribution in [0.2, 0.25) is 0 Å². The highest BCUT2D eigenvalue weighted by Crippen LogP contribution is 2.42. The topological polar surface area (TPSA) is 21.3 Å². The van der Waals surface area contributed by atoms with E-state index >= 15 is 0 Å². The molecule has 0 amide bonds. The van der Waals surface area contributed by atoms with Gasteiger partial charge in [-0.05, 0) is 40.8 Å². The number of benzene rings is 5. The van der Waals surface area contributed by atoms with E-state index in [9.17, 15) is 0 Å². The number of hydroxylamine groups is 1. The fourth-order valence-electron chi connectivity index (χ4n) is 4.81. The molecule has 0 radical (unpaired) electrons. The smallest absolute Gasteiger partial charge is 0.162 e. The van der Waals surface area contributed by atoms with E-state index in [0.717, 1.165) is 17.7 Å². The highest BCUT2D eigenvalue weighted by atomic mass is 16.6. The van der Waals surface area contributed by atoms with E-state index in [1.165, 1.54) is 22.3 Å². The van der Waals surface area contributed by atoms with Gasteiger partial charge in [0.1, 0.15) is 0 Å². The van der Waals surface area contributed by atoms with Gasteiger partial charge in [0.2, 0.25) is 0 Å². The summed E-state index contributed by atoms with van der Waals surface area (Å²) in [7, 11) is 0. The van der Waals surface area contributed by atoms with Gasteiger partial charge in [0.05, 0.1) is 0 Å². The molecular formula is C34H29NO. The first-order valence-corrected chi connectivity index (χ1v) is 12.2. The number of para-hydroxylation sites is 1. The minimum Gasteiger partial charge on any atom is -0.382 e. The second-order valence-electron chi connectivity index (χ2n) is 8.76. The third-order valence-corrected chi connectivity index (χ3v) is 6.53. The molecule has 176 valence electrons. The number of rotatable bonds is 5. The molecule has 0 bridgehead atoms. The van der Waals surface area contributed by atoms with Crippen LogP contribution in [0.5, 0.6) is 5.75 Å². The Labute approximate surface area is 213 Å². The molecule has 0 aliphatic carbocycles. The van der Waals surface area contributed by atoms with Gasteiger partial charge in [-0.1, -0.05) is 140 Å². The number of nitrogens with one attached hydrogen (secondary N) is 1. The zero-order valence-electron chi connectivity index (χ0n) is 20.1. The SMILES string of the molecule is C1=Cc2ccccc2ON1.c1ccc(CC(c2ccccc2)(c2ccccc2)c2ccccc2)cc1. The Kier molecular flexibility index (Phi) is 7.24. The van der Waals surface area contributed by atoms with Gasteiger partial charge < -0.3 is 4.84 Å². The molecule has 0 atom stereocenters. The van der Waals surface area contributed by atoms with Crippen LogP contribution >= 0.6 is 0 Å². The Morgan fingerprint density at radius 2 is 0.944 bits per heavy atom. The van der Waals surface area contributed by atoms with Crippen molar-refractivity contribution in [2.45, 2.75) is 11.8 Å². The van der Waals surface area contributed by atoms with Gasteiger partial charge in [-0.2, -0.15) is 0 Å². The van der Waals surface area contributed by atoms with Crippen molar-refractivity contribution in [1.82, 2.24) is 5.48 Å². The summed E-state index contributed by atoms with van der Waals surface area (Å²) in [6.07, 6.45) is 4.66. The summed E-state index contributed by atoms with van der Waals surface area (Å²) >= 11 is 0. The van der Waals surface area contributed by atoms with Gasteiger partial charge in [-0.3, -0.25) is 0 Å². The predicted molar refractivity (Wildman–Crippen MR) is 149 cm³/mol. The van der Waals surface area contributed by atoms with Crippen molar-refractivity contribution in [3.63, 3.8) is 0 Å². The molecule has 0 saturated heterocycles. The minimum absolute atomic E-state index is 0.217. The fraction of sp³-hybridized carbons (Fsp3) is 0.0588. The molecule has 0 spiro atoms. The van der Waals surface area contributed by atoms with Gasteiger partial charge in [-0.15, -0.1) is 0 Å². The van der Waals surface area contributed by atoms with Crippen molar-refractivity contribution in [2.75, 3.05) is 0 Å². The van der Waals surface area contributed by atoms with Crippen LogP contribution in [0.3, 0.4) is 0 Å². The summed E-state index contributed by atoms with van der Waals surface area (Å²) < 4.78 is 0. The average molecular weight is 468 g/mol. The van der Waals surface area contributed by atoms with E-state index in [4.69, 9.17) is 4.84 Å². The predicted octanol–water partition coefficient (Wildman–Crippen LogP) is 7.82. The standard InChI is InChI=1S/C26H22.C8H7NO/c1-5-13-22(14-6-1)21-26(23-15-7-2-8-16-23,24-17-9-3-10-18-24)25-19-11-4-12-20-25;1-2-4-8-7(3-1)5-6-9-10-8/h1-20H,21H2;1-6,9H. The number of hydrogen-bond acceptors (Lipinski definition) is 2. The zero-order valence-corrected chi connectivity index (χ0v) is 20.1. The molecule has 0 fully saturated rings. The molecule has 2 heteroatoms. The lowest BCUT2D eigenvalue weighted by molar-refractivity contribution is 0.239. The van der Waals surface area contributed by atoms with Crippen molar-refractivity contribution in [3.05, 3.63) is 180 Å². The Bertz CT molecular complexity index is 1280. The molecule has 0 unspecified atom stereocenters. The number of fused-ring (bicyclic) bond motifs is 1. The molecule has 1 aliphatic heterocycles. The van der Waals surface area contributed by atoms with Crippen molar-refractivity contribution in [3.8, 4) is 5.75 Å². The van der Waals surface area contributed by atoms with Crippen LogP contribution in [0.1, 0.15) is 27.8 Å². The first kappa shape index (κ1) is 23.2. The molecule has 5 aromatic rings. The van der Waals surface area contributed by atoms with Crippen LogP contribution in [0, 0.1) is 0 Å². The number of hydrogen-bond donors (Lipinski definition) is 1. The highest BCUT2D eigenvalue weighted by Gasteiger charge is 2.36. The quantitative estimate of drug-likeness (QED) is 0.266. The first-order valence-electron chi connectivity index (χ1n) is 12.2. The van der Waals surface area contributed by atoms with E-state index in [2.05, 4.69) is 127 Å². The van der Waals surface area contributed by atoms with Crippen molar-refractivity contribution in [2.24, 2.45) is 0 Å². The van der Waals surface area contributed by atoms with Gasteiger partial charge >= 0.3 is 0 Å². The summed E-state index contributed by atoms with van der Waals surface area (Å²) in [5.74, 6) is 0.880. The molecule has 1 N–H and O–H groups in total. The van der Waals surface area contributed by atoms with Gasteiger partial charge in [-0.25, -0.2) is 5.48 Å². The Hall–Kier alpha value is -4.56. The largest absolute Gasteiger partial charge is 0.382 e. The molecule has 36 heavy (non-hydrogen) atoms. The lowest BCUT2D eigenvalue weighted by Crippen LogP contribution is -2.32. The molecule has 1 heterocycles. The van der Waals surface area contributed by atoms with Crippen LogP contribution in [-0.2, 0) is 11.8 Å². The lowest BCUT2D eigenvalue weighted by Gasteiger charge is -2.36. The van der Waals surface area contributed by atoms with Crippen molar-refractivity contribution in [1.29, 1.82) is 0 Å². The monoisotopic (exact) mass is 467 g/mol. The summed E-state index contributed by atoms with van der Waals surface area (Å²) in [4.78, 5) is 5.09. The molecular weight excluding hydrogens is 438 g/mol. The molecule has 2 nitrogen and oxygen atoms in total. The van der Waals surface area contributed by atoms with E-state index in [1.807, 2.05) is 30.3 Å². The normalized spacial score (nSPS) is 11.8. The Morgan fingerprint density at radius 1 is 0.500 bits per heavy atom. The van der Waals surface area contributed by atoms with E-state index in [0.29, 0.717) is 0 Å². The van der Waals surface area contributed by atoms with Crippen molar-refractivity contribution < 1.29 is 4.84 Å². The van der Waals surface area contributed by atoms with Crippen LogP contribution in [-0.4, -0.2) is 0 Å². The minimum atomic E-state index is -0.217. The third kappa shape index (κ3) is 5.08. The zero-order chi connectivity index (χ0) is 24.5. The summed E-state index contributed by atoms with van der Waals surface area (Å²) in [6.45, 7) is 0. The van der Waals surface area contributed by atoms with Gasteiger partial charge in [0.25, 0.3) is 0 Å². The second kappa shape index (κ2) is 11.2. The van der Waals surface area contributed by atoms with Crippen LogP contribution in [0.4, 0.5) is 0 Å². The Balaban J connectivity index is 0.000000222. The van der Waals surface area contributed by atoms with E-state index in [-0.39, 0.29) is 5.41 Å². The van der Waals surface area contributed by atoms with Gasteiger partial charge in [0, 0.05) is 17.2 Å². The summed E-state index contributed by atoms with van der Waals surface area (Å²) in [6, 6.07) is 51.3. The van der Waals surface area contributed by atoms with Crippen molar-refractivity contribution >= 4 is 6.08 Å². The molecule has 6 rings (SSSR count). The molecule has 0 aromatic heterocycles. The maximum atomic E-state index is 5.09. The van der Waals surface area contributed by atoms with Gasteiger partial charge in [0.15, 0.2) is 5.75 Å².